The number of nitrogens with zero attached hydrogens (tertiary/aromatic N) is 2. The first-order valence-electron chi connectivity index (χ1n) is 12.3. The molecular formula is C28H25ClF3N3O3. The molecule has 1 unspecified atom stereocenters. The molecule has 10 heteroatoms. The van der Waals surface area contributed by atoms with E-state index in [-0.39, 0.29) is 22.5 Å². The summed E-state index contributed by atoms with van der Waals surface area (Å²) in [6.45, 7) is 0.369. The van der Waals surface area contributed by atoms with Gasteiger partial charge in [-0.25, -0.2) is 13.2 Å². The SMILES string of the molecule is O=C(NC1CCC(CN2C(=O)C(O)(c3ccc(F)cc3)c3ccccc32)CC1)c1cc(Cl)cnc1C(F)F. The molecule has 1 aromatic heterocycles. The highest BCUT2D eigenvalue weighted by Gasteiger charge is 2.51. The molecule has 1 atom stereocenters. The van der Waals surface area contributed by atoms with Crippen LogP contribution in [0.25, 0.3) is 0 Å². The van der Waals surface area contributed by atoms with Gasteiger partial charge in [-0.05, 0) is 61.4 Å². The Bertz CT molecular complexity index is 1360. The van der Waals surface area contributed by atoms with Crippen molar-refractivity contribution < 1.29 is 27.9 Å². The average Bonchev–Trinajstić information content (AvgIpc) is 3.12. The van der Waals surface area contributed by atoms with Crippen molar-refractivity contribution in [2.24, 2.45) is 5.92 Å². The summed E-state index contributed by atoms with van der Waals surface area (Å²) in [4.78, 5) is 31.5. The van der Waals surface area contributed by atoms with Gasteiger partial charge in [-0.15, -0.1) is 0 Å². The number of hydrogen-bond acceptors (Lipinski definition) is 4. The number of fused-ring (bicyclic) bond motifs is 1. The van der Waals surface area contributed by atoms with Crippen LogP contribution in [0.4, 0.5) is 18.9 Å². The van der Waals surface area contributed by atoms with E-state index in [0.717, 1.165) is 6.20 Å². The molecular weight excluding hydrogens is 519 g/mol. The van der Waals surface area contributed by atoms with Crippen LogP contribution < -0.4 is 10.2 Å². The van der Waals surface area contributed by atoms with Gasteiger partial charge in [0, 0.05) is 24.3 Å². The van der Waals surface area contributed by atoms with Gasteiger partial charge in [-0.3, -0.25) is 14.6 Å². The minimum absolute atomic E-state index is 0.0967. The maximum absolute atomic E-state index is 13.6. The van der Waals surface area contributed by atoms with E-state index in [9.17, 15) is 27.9 Å². The zero-order chi connectivity index (χ0) is 27.0. The first-order chi connectivity index (χ1) is 18.2. The monoisotopic (exact) mass is 543 g/mol. The second-order valence-electron chi connectivity index (χ2n) is 9.73. The lowest BCUT2D eigenvalue weighted by atomic mass is 9.85. The van der Waals surface area contributed by atoms with Crippen LogP contribution in [0.2, 0.25) is 5.02 Å². The van der Waals surface area contributed by atoms with Crippen molar-refractivity contribution in [1.82, 2.24) is 10.3 Å². The summed E-state index contributed by atoms with van der Waals surface area (Å²) < 4.78 is 40.1. The molecule has 2 heterocycles. The largest absolute Gasteiger partial charge is 0.372 e. The van der Waals surface area contributed by atoms with Gasteiger partial charge in [0.2, 0.25) is 0 Å². The Kier molecular flexibility index (Phi) is 7.15. The van der Waals surface area contributed by atoms with Crippen LogP contribution in [0.15, 0.2) is 60.8 Å². The molecule has 0 bridgehead atoms. The van der Waals surface area contributed by atoms with Gasteiger partial charge in [0.1, 0.15) is 11.5 Å². The number of carbonyl (C=O) groups is 2. The lowest BCUT2D eigenvalue weighted by Gasteiger charge is -2.32. The molecule has 1 aliphatic carbocycles. The van der Waals surface area contributed by atoms with E-state index in [0.29, 0.717) is 49.0 Å². The zero-order valence-electron chi connectivity index (χ0n) is 20.2. The lowest BCUT2D eigenvalue weighted by molar-refractivity contribution is -0.132. The smallest absolute Gasteiger partial charge is 0.281 e. The van der Waals surface area contributed by atoms with Gasteiger partial charge in [0.05, 0.1) is 16.3 Å². The predicted molar refractivity (Wildman–Crippen MR) is 136 cm³/mol. The minimum Gasteiger partial charge on any atom is -0.372 e. The number of hydrogen-bond donors (Lipinski definition) is 2. The van der Waals surface area contributed by atoms with Crippen molar-refractivity contribution in [1.29, 1.82) is 0 Å². The molecule has 1 fully saturated rings. The number of aromatic nitrogens is 1. The minimum atomic E-state index is -2.90. The molecule has 2 aliphatic rings. The molecule has 1 aliphatic heterocycles. The summed E-state index contributed by atoms with van der Waals surface area (Å²) >= 11 is 5.87. The molecule has 6 nitrogen and oxygen atoms in total. The topological polar surface area (TPSA) is 82.5 Å². The Morgan fingerprint density at radius 1 is 1.13 bits per heavy atom. The van der Waals surface area contributed by atoms with Crippen molar-refractivity contribution >= 4 is 29.1 Å². The summed E-state index contributed by atoms with van der Waals surface area (Å²) in [6.07, 6.45) is 0.738. The molecule has 2 amide bonds. The van der Waals surface area contributed by atoms with Crippen LogP contribution in [0.1, 0.15) is 59.3 Å². The highest BCUT2D eigenvalue weighted by molar-refractivity contribution is 6.30. The molecule has 5 rings (SSSR count). The number of anilines is 1. The maximum atomic E-state index is 13.6. The third kappa shape index (κ3) is 4.76. The highest BCUT2D eigenvalue weighted by Crippen LogP contribution is 2.45. The molecule has 2 N–H and O–H groups in total. The molecule has 0 spiro atoms. The molecule has 3 aromatic rings. The van der Waals surface area contributed by atoms with Crippen LogP contribution in [-0.2, 0) is 10.4 Å². The zero-order valence-corrected chi connectivity index (χ0v) is 21.0. The quantitative estimate of drug-likeness (QED) is 0.437. The molecule has 38 heavy (non-hydrogen) atoms. The predicted octanol–water partition coefficient (Wildman–Crippen LogP) is 5.38. The molecule has 1 saturated carbocycles. The van der Waals surface area contributed by atoms with Crippen LogP contribution in [0.3, 0.4) is 0 Å². The fraction of sp³-hybridized carbons (Fsp3) is 0.321. The fourth-order valence-electron chi connectivity index (χ4n) is 5.40. The van der Waals surface area contributed by atoms with E-state index in [2.05, 4.69) is 10.3 Å². The Balaban J connectivity index is 1.26. The number of pyridine rings is 1. The maximum Gasteiger partial charge on any atom is 0.281 e. The summed E-state index contributed by atoms with van der Waals surface area (Å²) in [5.41, 5.74) is -1.42. The van der Waals surface area contributed by atoms with E-state index in [1.807, 2.05) is 0 Å². The van der Waals surface area contributed by atoms with E-state index < -0.39 is 35.4 Å². The van der Waals surface area contributed by atoms with Crippen LogP contribution in [0.5, 0.6) is 0 Å². The summed E-state index contributed by atoms with van der Waals surface area (Å²) in [7, 11) is 0. The first kappa shape index (κ1) is 26.2. The Morgan fingerprint density at radius 2 is 1.82 bits per heavy atom. The standard InChI is InChI=1S/C28H25ClF3N3O3/c29-18-13-21(24(25(31)32)33-14-18)26(36)34-20-11-5-16(6-12-20)15-35-23-4-2-1-3-22(23)28(38,27(35)37)17-7-9-19(30)10-8-17/h1-4,7-10,13-14,16,20,25,38H,5-6,11-12,15H2,(H,34,36). The van der Waals surface area contributed by atoms with Crippen molar-refractivity contribution in [3.05, 3.63) is 94.0 Å². The number of carbonyl (C=O) groups excluding carboxylic acids is 2. The number of nitrogens with one attached hydrogen (secondary N) is 1. The first-order valence-corrected chi connectivity index (χ1v) is 12.7. The number of alkyl halides is 2. The van der Waals surface area contributed by atoms with Gasteiger partial charge in [0.15, 0.2) is 5.60 Å². The third-order valence-corrected chi connectivity index (χ3v) is 7.57. The number of amides is 2. The number of rotatable bonds is 6. The lowest BCUT2D eigenvalue weighted by Crippen LogP contribution is -2.44. The summed E-state index contributed by atoms with van der Waals surface area (Å²) in [6, 6.07) is 13.2. The van der Waals surface area contributed by atoms with Crippen LogP contribution in [0, 0.1) is 11.7 Å². The summed E-state index contributed by atoms with van der Waals surface area (Å²) in [5, 5.41) is 14.5. The van der Waals surface area contributed by atoms with Gasteiger partial charge < -0.3 is 15.3 Å². The molecule has 198 valence electrons. The molecule has 0 saturated heterocycles. The van der Waals surface area contributed by atoms with Crippen molar-refractivity contribution in [2.45, 2.75) is 43.8 Å². The number of benzene rings is 2. The van der Waals surface area contributed by atoms with Crippen LogP contribution >= 0.6 is 11.6 Å². The number of aliphatic hydroxyl groups is 1. The Hall–Kier alpha value is -3.43. The highest BCUT2D eigenvalue weighted by atomic mass is 35.5. The van der Waals surface area contributed by atoms with E-state index in [1.54, 1.807) is 29.2 Å². The van der Waals surface area contributed by atoms with E-state index >= 15 is 0 Å². The van der Waals surface area contributed by atoms with Crippen molar-refractivity contribution in [2.75, 3.05) is 11.4 Å². The van der Waals surface area contributed by atoms with E-state index in [4.69, 9.17) is 11.6 Å². The fourth-order valence-corrected chi connectivity index (χ4v) is 5.56. The second kappa shape index (κ2) is 10.4. The second-order valence-corrected chi connectivity index (χ2v) is 10.2. The third-order valence-electron chi connectivity index (χ3n) is 7.36. The molecule has 0 radical (unpaired) electrons. The Morgan fingerprint density at radius 3 is 2.50 bits per heavy atom. The average molecular weight is 544 g/mol. The summed E-state index contributed by atoms with van der Waals surface area (Å²) in [5.74, 6) is -1.51. The van der Waals surface area contributed by atoms with Crippen LogP contribution in [-0.4, -0.2) is 34.5 Å². The van der Waals surface area contributed by atoms with Crippen molar-refractivity contribution in [3.63, 3.8) is 0 Å². The number of para-hydroxylation sites is 1. The van der Waals surface area contributed by atoms with Gasteiger partial charge >= 0.3 is 0 Å². The van der Waals surface area contributed by atoms with Gasteiger partial charge in [0.25, 0.3) is 18.2 Å². The number of halogens is 4. The van der Waals surface area contributed by atoms with Gasteiger partial charge in [-0.2, -0.15) is 0 Å². The Labute approximate surface area is 222 Å². The van der Waals surface area contributed by atoms with Gasteiger partial charge in [-0.1, -0.05) is 41.9 Å². The normalized spacial score (nSPS) is 23.0. The van der Waals surface area contributed by atoms with E-state index in [1.165, 1.54) is 30.3 Å². The van der Waals surface area contributed by atoms with Crippen molar-refractivity contribution in [3.8, 4) is 0 Å². The molecule has 2 aromatic carbocycles.